The molecule has 0 fully saturated rings. The Bertz CT molecular complexity index is 1330. The van der Waals surface area contributed by atoms with E-state index < -0.39 is 9.84 Å². The van der Waals surface area contributed by atoms with Crippen molar-refractivity contribution in [1.29, 1.82) is 0 Å². The molecule has 0 unspecified atom stereocenters. The summed E-state index contributed by atoms with van der Waals surface area (Å²) in [7, 11) is -2.41. The number of methoxy groups -OCH3 is 1. The van der Waals surface area contributed by atoms with Crippen molar-refractivity contribution in [2.75, 3.05) is 12.4 Å². The molecule has 0 bridgehead atoms. The molecule has 0 atom stereocenters. The molecule has 31 heavy (non-hydrogen) atoms. The summed E-state index contributed by atoms with van der Waals surface area (Å²) in [6.45, 7) is 1.89. The van der Waals surface area contributed by atoms with E-state index >= 15 is 0 Å². The van der Waals surface area contributed by atoms with Gasteiger partial charge in [0.1, 0.15) is 5.75 Å². The standard InChI is InChI=1S/C23H19ClN2O4S/c1-15-10-12-18(13-11-15)31(27,28)23-22(25-16-6-5-7-17(14-16)29-2)30-21(26-23)19-8-3-4-9-20(19)24/h3-14,25H,1-2H3. The van der Waals surface area contributed by atoms with E-state index in [0.717, 1.165) is 5.56 Å². The van der Waals surface area contributed by atoms with Gasteiger partial charge >= 0.3 is 0 Å². The van der Waals surface area contributed by atoms with Crippen LogP contribution in [0.4, 0.5) is 11.6 Å². The molecule has 0 saturated heterocycles. The van der Waals surface area contributed by atoms with Crippen molar-refractivity contribution >= 4 is 33.0 Å². The molecule has 3 aromatic carbocycles. The molecule has 1 aromatic heterocycles. The lowest BCUT2D eigenvalue weighted by Gasteiger charge is -2.08. The van der Waals surface area contributed by atoms with E-state index in [1.54, 1.807) is 79.9 Å². The lowest BCUT2D eigenvalue weighted by Crippen LogP contribution is -2.05. The number of rotatable bonds is 6. The Morgan fingerprint density at radius 1 is 1.00 bits per heavy atom. The first-order valence-corrected chi connectivity index (χ1v) is 11.2. The van der Waals surface area contributed by atoms with Gasteiger partial charge in [-0.25, -0.2) is 8.42 Å². The third kappa shape index (κ3) is 4.28. The van der Waals surface area contributed by atoms with Crippen LogP contribution in [-0.4, -0.2) is 20.5 Å². The van der Waals surface area contributed by atoms with Crippen LogP contribution in [0.15, 0.2) is 87.1 Å². The maximum absolute atomic E-state index is 13.4. The third-order valence-electron chi connectivity index (χ3n) is 4.61. The molecule has 0 spiro atoms. The molecule has 0 amide bonds. The zero-order valence-electron chi connectivity index (χ0n) is 16.8. The number of hydrogen-bond acceptors (Lipinski definition) is 6. The second-order valence-corrected chi connectivity index (χ2v) is 9.08. The number of sulfone groups is 1. The van der Waals surface area contributed by atoms with Gasteiger partial charge in [0.15, 0.2) is 0 Å². The SMILES string of the molecule is COc1cccc(Nc2oc(-c3ccccc3Cl)nc2S(=O)(=O)c2ccc(C)cc2)c1. The molecule has 0 aliphatic rings. The molecule has 0 radical (unpaired) electrons. The summed E-state index contributed by atoms with van der Waals surface area (Å²) in [4.78, 5) is 4.43. The number of benzene rings is 3. The number of anilines is 2. The molecule has 4 rings (SSSR count). The quantitative estimate of drug-likeness (QED) is 0.391. The van der Waals surface area contributed by atoms with Crippen LogP contribution in [-0.2, 0) is 9.84 Å². The normalized spacial score (nSPS) is 11.3. The topological polar surface area (TPSA) is 81.4 Å². The number of ether oxygens (including phenoxy) is 1. The van der Waals surface area contributed by atoms with E-state index in [1.165, 1.54) is 0 Å². The summed E-state index contributed by atoms with van der Waals surface area (Å²) < 4.78 is 37.9. The van der Waals surface area contributed by atoms with Gasteiger partial charge in [-0.2, -0.15) is 4.98 Å². The highest BCUT2D eigenvalue weighted by atomic mass is 35.5. The van der Waals surface area contributed by atoms with Crippen molar-refractivity contribution in [1.82, 2.24) is 4.98 Å². The van der Waals surface area contributed by atoms with Crippen LogP contribution >= 0.6 is 11.6 Å². The minimum atomic E-state index is -3.96. The fourth-order valence-corrected chi connectivity index (χ4v) is 4.45. The van der Waals surface area contributed by atoms with Crippen LogP contribution in [0.2, 0.25) is 5.02 Å². The van der Waals surface area contributed by atoms with Crippen LogP contribution in [0, 0.1) is 6.92 Å². The van der Waals surface area contributed by atoms with E-state index in [2.05, 4.69) is 10.3 Å². The van der Waals surface area contributed by atoms with Crippen LogP contribution in [0.3, 0.4) is 0 Å². The van der Waals surface area contributed by atoms with Gasteiger partial charge in [-0.15, -0.1) is 0 Å². The van der Waals surface area contributed by atoms with Crippen molar-refractivity contribution in [3.8, 4) is 17.2 Å². The summed E-state index contributed by atoms with van der Waals surface area (Å²) in [5.41, 5.74) is 2.02. The predicted molar refractivity (Wildman–Crippen MR) is 120 cm³/mol. The van der Waals surface area contributed by atoms with Gasteiger partial charge in [-0.05, 0) is 43.3 Å². The maximum atomic E-state index is 13.4. The first kappa shape index (κ1) is 21.0. The summed E-state index contributed by atoms with van der Waals surface area (Å²) >= 11 is 6.28. The summed E-state index contributed by atoms with van der Waals surface area (Å²) in [5.74, 6) is 0.698. The van der Waals surface area contributed by atoms with Crippen molar-refractivity contribution in [3.05, 3.63) is 83.4 Å². The number of halogens is 1. The predicted octanol–water partition coefficient (Wildman–Crippen LogP) is 5.89. The molecule has 0 aliphatic heterocycles. The largest absolute Gasteiger partial charge is 0.497 e. The van der Waals surface area contributed by atoms with Crippen molar-refractivity contribution in [2.24, 2.45) is 0 Å². The molecule has 8 heteroatoms. The molecule has 0 aliphatic carbocycles. The van der Waals surface area contributed by atoms with E-state index in [9.17, 15) is 8.42 Å². The van der Waals surface area contributed by atoms with E-state index in [1.807, 2.05) is 6.92 Å². The number of aryl methyl sites for hydroxylation is 1. The molecule has 6 nitrogen and oxygen atoms in total. The number of aromatic nitrogens is 1. The third-order valence-corrected chi connectivity index (χ3v) is 6.62. The van der Waals surface area contributed by atoms with Gasteiger partial charge in [0.25, 0.3) is 0 Å². The van der Waals surface area contributed by atoms with Gasteiger partial charge < -0.3 is 14.5 Å². The van der Waals surface area contributed by atoms with E-state index in [4.69, 9.17) is 20.8 Å². The average molecular weight is 455 g/mol. The Kier molecular flexibility index (Phi) is 5.71. The lowest BCUT2D eigenvalue weighted by atomic mass is 10.2. The van der Waals surface area contributed by atoms with Crippen molar-refractivity contribution in [2.45, 2.75) is 16.8 Å². The summed E-state index contributed by atoms with van der Waals surface area (Å²) in [6.07, 6.45) is 0. The first-order chi connectivity index (χ1) is 14.9. The van der Waals surface area contributed by atoms with E-state index in [-0.39, 0.29) is 21.7 Å². The van der Waals surface area contributed by atoms with E-state index in [0.29, 0.717) is 22.0 Å². The van der Waals surface area contributed by atoms with Gasteiger partial charge in [-0.3, -0.25) is 0 Å². The van der Waals surface area contributed by atoms with Crippen LogP contribution in [0.5, 0.6) is 5.75 Å². The minimum absolute atomic E-state index is 0.0104. The zero-order chi connectivity index (χ0) is 22.0. The highest BCUT2D eigenvalue weighted by Crippen LogP contribution is 2.36. The number of nitrogens with zero attached hydrogens (tertiary/aromatic N) is 1. The Morgan fingerprint density at radius 2 is 1.74 bits per heavy atom. The Morgan fingerprint density at radius 3 is 2.45 bits per heavy atom. The Hall–Kier alpha value is -3.29. The second kappa shape index (κ2) is 8.45. The smallest absolute Gasteiger partial charge is 0.238 e. The van der Waals surface area contributed by atoms with Gasteiger partial charge in [0.05, 0.1) is 22.6 Å². The van der Waals surface area contributed by atoms with Gasteiger partial charge in [-0.1, -0.05) is 47.5 Å². The molecular formula is C23H19ClN2O4S. The highest BCUT2D eigenvalue weighted by molar-refractivity contribution is 7.91. The fraction of sp³-hybridized carbons (Fsp3) is 0.0870. The van der Waals surface area contributed by atoms with Crippen LogP contribution in [0.25, 0.3) is 11.5 Å². The Labute approximate surface area is 185 Å². The molecule has 1 N–H and O–H groups in total. The lowest BCUT2D eigenvalue weighted by molar-refractivity contribution is 0.415. The average Bonchev–Trinajstić information content (AvgIpc) is 3.19. The molecule has 158 valence electrons. The number of oxazole rings is 1. The number of nitrogens with one attached hydrogen (secondary N) is 1. The van der Waals surface area contributed by atoms with Crippen molar-refractivity contribution in [3.63, 3.8) is 0 Å². The highest BCUT2D eigenvalue weighted by Gasteiger charge is 2.29. The maximum Gasteiger partial charge on any atom is 0.238 e. The molecule has 0 saturated carbocycles. The molecule has 1 heterocycles. The molecule has 4 aromatic rings. The monoisotopic (exact) mass is 454 g/mol. The van der Waals surface area contributed by atoms with Crippen molar-refractivity contribution < 1.29 is 17.6 Å². The first-order valence-electron chi connectivity index (χ1n) is 9.37. The van der Waals surface area contributed by atoms with Gasteiger partial charge in [0, 0.05) is 11.8 Å². The van der Waals surface area contributed by atoms with Crippen LogP contribution < -0.4 is 10.1 Å². The zero-order valence-corrected chi connectivity index (χ0v) is 18.4. The van der Waals surface area contributed by atoms with Crippen LogP contribution in [0.1, 0.15) is 5.56 Å². The molecular weight excluding hydrogens is 436 g/mol. The van der Waals surface area contributed by atoms with Gasteiger partial charge in [0.2, 0.25) is 26.6 Å². The summed E-state index contributed by atoms with van der Waals surface area (Å²) in [5, 5.41) is 3.18. The Balaban J connectivity index is 1.86. The fourth-order valence-electron chi connectivity index (χ4n) is 2.98. The minimum Gasteiger partial charge on any atom is -0.497 e. The summed E-state index contributed by atoms with van der Waals surface area (Å²) in [6, 6.07) is 20.6. The number of hydrogen-bond donors (Lipinski definition) is 1. The second-order valence-electron chi connectivity index (χ2n) is 6.81.